The summed E-state index contributed by atoms with van der Waals surface area (Å²) in [5.41, 5.74) is 4.30. The molecule has 4 rings (SSSR count). The number of hydrogen-bond acceptors (Lipinski definition) is 2. The second-order valence-electron chi connectivity index (χ2n) is 6.31. The average Bonchev–Trinajstić information content (AvgIpc) is 2.91. The van der Waals surface area contributed by atoms with Crippen molar-refractivity contribution in [1.29, 1.82) is 0 Å². The van der Waals surface area contributed by atoms with Crippen LogP contribution in [-0.4, -0.2) is 19.1 Å². The van der Waals surface area contributed by atoms with Crippen molar-refractivity contribution in [3.8, 4) is 5.75 Å². The Morgan fingerprint density at radius 2 is 1.78 bits per heavy atom. The van der Waals surface area contributed by atoms with Gasteiger partial charge in [0.1, 0.15) is 5.75 Å². The third-order valence-electron chi connectivity index (χ3n) is 4.96. The van der Waals surface area contributed by atoms with Gasteiger partial charge in [0.05, 0.1) is 7.11 Å². The molecule has 0 aromatic heterocycles. The van der Waals surface area contributed by atoms with Crippen LogP contribution >= 0.6 is 0 Å². The number of rotatable bonds is 3. The molecule has 0 amide bonds. The molecule has 1 unspecified atom stereocenters. The van der Waals surface area contributed by atoms with E-state index in [0.29, 0.717) is 6.04 Å². The molecule has 0 N–H and O–H groups in total. The molecular weight excluding hydrogens is 282 g/mol. The molecule has 2 heteroatoms. The van der Waals surface area contributed by atoms with Crippen molar-refractivity contribution in [3.63, 3.8) is 0 Å². The minimum Gasteiger partial charge on any atom is -0.496 e. The van der Waals surface area contributed by atoms with Gasteiger partial charge in [-0.1, -0.05) is 54.6 Å². The van der Waals surface area contributed by atoms with E-state index < -0.39 is 0 Å². The first-order chi connectivity index (χ1) is 11.3. The number of hydrogen-bond donors (Lipinski definition) is 0. The normalized spacial score (nSPS) is 17.4. The van der Waals surface area contributed by atoms with Gasteiger partial charge in [0.25, 0.3) is 0 Å². The zero-order valence-electron chi connectivity index (χ0n) is 13.6. The quantitative estimate of drug-likeness (QED) is 0.702. The first-order valence-corrected chi connectivity index (χ1v) is 8.10. The van der Waals surface area contributed by atoms with Crippen LogP contribution in [0.5, 0.6) is 5.75 Å². The molecule has 116 valence electrons. The second-order valence-corrected chi connectivity index (χ2v) is 6.31. The molecule has 0 radical (unpaired) electrons. The molecular formula is C21H21NO. The van der Waals surface area contributed by atoms with Gasteiger partial charge in [0, 0.05) is 18.0 Å². The molecule has 1 aliphatic rings. The maximum absolute atomic E-state index is 5.52. The zero-order chi connectivity index (χ0) is 15.8. The molecule has 1 heterocycles. The van der Waals surface area contributed by atoms with E-state index in [9.17, 15) is 0 Å². The lowest BCUT2D eigenvalue weighted by molar-refractivity contribution is 0.267. The first-order valence-electron chi connectivity index (χ1n) is 8.10. The van der Waals surface area contributed by atoms with E-state index in [1.54, 1.807) is 7.11 Å². The summed E-state index contributed by atoms with van der Waals surface area (Å²) in [5.74, 6) is 0.958. The van der Waals surface area contributed by atoms with Crippen LogP contribution in [-0.2, 0) is 13.0 Å². The van der Waals surface area contributed by atoms with Crippen molar-refractivity contribution in [1.82, 2.24) is 4.90 Å². The lowest BCUT2D eigenvalue weighted by Gasteiger charge is -2.20. The number of likely N-dealkylation sites (N-methyl/N-ethyl adjacent to an activating group) is 1. The van der Waals surface area contributed by atoms with E-state index in [2.05, 4.69) is 66.5 Å². The molecule has 3 aromatic carbocycles. The third kappa shape index (κ3) is 2.40. The van der Waals surface area contributed by atoms with Crippen LogP contribution in [0, 0.1) is 0 Å². The van der Waals surface area contributed by atoms with Crippen LogP contribution in [0.15, 0.2) is 60.7 Å². The molecule has 0 bridgehead atoms. The molecule has 2 nitrogen and oxygen atoms in total. The van der Waals surface area contributed by atoms with Gasteiger partial charge in [0.15, 0.2) is 0 Å². The van der Waals surface area contributed by atoms with E-state index in [1.165, 1.54) is 27.5 Å². The first kappa shape index (κ1) is 14.3. The highest BCUT2D eigenvalue weighted by Gasteiger charge is 2.29. The molecule has 0 saturated carbocycles. The number of nitrogens with zero attached hydrogens (tertiary/aromatic N) is 1. The van der Waals surface area contributed by atoms with Crippen LogP contribution in [0.25, 0.3) is 10.8 Å². The van der Waals surface area contributed by atoms with E-state index in [-0.39, 0.29) is 0 Å². The summed E-state index contributed by atoms with van der Waals surface area (Å²) in [4.78, 5) is 2.45. The topological polar surface area (TPSA) is 12.5 Å². The van der Waals surface area contributed by atoms with E-state index >= 15 is 0 Å². The van der Waals surface area contributed by atoms with Gasteiger partial charge in [-0.05, 0) is 41.6 Å². The maximum Gasteiger partial charge on any atom is 0.126 e. The molecule has 0 fully saturated rings. The fourth-order valence-corrected chi connectivity index (χ4v) is 3.78. The molecule has 0 aliphatic carbocycles. The van der Waals surface area contributed by atoms with E-state index in [1.807, 2.05) is 6.07 Å². The third-order valence-corrected chi connectivity index (χ3v) is 4.96. The summed E-state index contributed by atoms with van der Waals surface area (Å²) >= 11 is 0. The fraction of sp³-hybridized carbons (Fsp3) is 0.238. The van der Waals surface area contributed by atoms with Crippen molar-refractivity contribution >= 4 is 10.8 Å². The zero-order valence-corrected chi connectivity index (χ0v) is 13.6. The highest BCUT2D eigenvalue weighted by atomic mass is 16.5. The van der Waals surface area contributed by atoms with Gasteiger partial charge in [0.2, 0.25) is 0 Å². The maximum atomic E-state index is 5.52. The number of methoxy groups -OCH3 is 1. The van der Waals surface area contributed by atoms with E-state index in [4.69, 9.17) is 4.74 Å². The SMILES string of the molecule is COc1cccc2c3c(ccc12)C(Cc1ccccc1)N(C)C3. The summed E-state index contributed by atoms with van der Waals surface area (Å²) in [6, 6.07) is 22.1. The van der Waals surface area contributed by atoms with Crippen molar-refractivity contribution in [3.05, 3.63) is 77.4 Å². The molecule has 23 heavy (non-hydrogen) atoms. The van der Waals surface area contributed by atoms with Crippen LogP contribution in [0.2, 0.25) is 0 Å². The highest BCUT2D eigenvalue weighted by molar-refractivity contribution is 5.92. The summed E-state index contributed by atoms with van der Waals surface area (Å²) < 4.78 is 5.52. The molecule has 3 aromatic rings. The largest absolute Gasteiger partial charge is 0.496 e. The Labute approximate surface area is 137 Å². The monoisotopic (exact) mass is 303 g/mol. The standard InChI is InChI=1S/C21H21NO/c1-22-14-19-16-9-6-10-21(23-2)18(16)12-11-17(19)20(22)13-15-7-4-3-5-8-15/h3-12,20H,13-14H2,1-2H3. The number of benzene rings is 3. The van der Waals surface area contributed by atoms with Crippen molar-refractivity contribution in [2.75, 3.05) is 14.2 Å². The average molecular weight is 303 g/mol. The molecule has 1 aliphatic heterocycles. The van der Waals surface area contributed by atoms with E-state index in [0.717, 1.165) is 18.7 Å². The van der Waals surface area contributed by atoms with Crippen LogP contribution in [0.4, 0.5) is 0 Å². The summed E-state index contributed by atoms with van der Waals surface area (Å²) in [5, 5.41) is 2.53. The van der Waals surface area contributed by atoms with Gasteiger partial charge < -0.3 is 4.74 Å². The Hall–Kier alpha value is -2.32. The summed E-state index contributed by atoms with van der Waals surface area (Å²) in [6.45, 7) is 0.997. The van der Waals surface area contributed by atoms with Crippen LogP contribution < -0.4 is 4.74 Å². The minimum atomic E-state index is 0.447. The lowest BCUT2D eigenvalue weighted by atomic mass is 9.94. The van der Waals surface area contributed by atoms with Gasteiger partial charge >= 0.3 is 0 Å². The van der Waals surface area contributed by atoms with Crippen LogP contribution in [0.3, 0.4) is 0 Å². The van der Waals surface area contributed by atoms with Crippen molar-refractivity contribution in [2.24, 2.45) is 0 Å². The molecule has 0 spiro atoms. The number of fused-ring (bicyclic) bond motifs is 3. The Morgan fingerprint density at radius 1 is 0.957 bits per heavy atom. The Morgan fingerprint density at radius 3 is 2.57 bits per heavy atom. The van der Waals surface area contributed by atoms with Gasteiger partial charge in [-0.3, -0.25) is 4.90 Å². The Bertz CT molecular complexity index is 841. The lowest BCUT2D eigenvalue weighted by Crippen LogP contribution is -2.18. The predicted molar refractivity (Wildman–Crippen MR) is 94.9 cm³/mol. The second kappa shape index (κ2) is 5.71. The van der Waals surface area contributed by atoms with Gasteiger partial charge in [-0.2, -0.15) is 0 Å². The predicted octanol–water partition coefficient (Wildman–Crippen LogP) is 4.58. The number of ether oxygens (including phenoxy) is 1. The molecule has 1 atom stereocenters. The van der Waals surface area contributed by atoms with Gasteiger partial charge in [-0.15, -0.1) is 0 Å². The Balaban J connectivity index is 1.79. The fourth-order valence-electron chi connectivity index (χ4n) is 3.78. The minimum absolute atomic E-state index is 0.447. The van der Waals surface area contributed by atoms with Crippen molar-refractivity contribution < 1.29 is 4.74 Å². The van der Waals surface area contributed by atoms with Crippen molar-refractivity contribution in [2.45, 2.75) is 19.0 Å². The summed E-state index contributed by atoms with van der Waals surface area (Å²) in [7, 11) is 3.96. The Kier molecular flexibility index (Phi) is 3.55. The summed E-state index contributed by atoms with van der Waals surface area (Å²) in [6.07, 6.45) is 1.06. The van der Waals surface area contributed by atoms with Crippen LogP contribution in [0.1, 0.15) is 22.7 Å². The molecule has 0 saturated heterocycles. The van der Waals surface area contributed by atoms with Gasteiger partial charge in [-0.25, -0.2) is 0 Å². The highest BCUT2D eigenvalue weighted by Crippen LogP contribution is 2.40. The smallest absolute Gasteiger partial charge is 0.126 e.